The van der Waals surface area contributed by atoms with E-state index < -0.39 is 5.97 Å². The molecule has 0 saturated carbocycles. The maximum absolute atomic E-state index is 11.6. The van der Waals surface area contributed by atoms with Crippen molar-refractivity contribution in [2.75, 3.05) is 0 Å². The number of fused-ring (bicyclic) bond motifs is 1. The van der Waals surface area contributed by atoms with Crippen LogP contribution in [0.25, 0.3) is 10.8 Å². The summed E-state index contributed by atoms with van der Waals surface area (Å²) in [5.41, 5.74) is 1.11. The van der Waals surface area contributed by atoms with E-state index in [2.05, 4.69) is 0 Å². The van der Waals surface area contributed by atoms with Crippen molar-refractivity contribution in [1.29, 1.82) is 0 Å². The van der Waals surface area contributed by atoms with Crippen LogP contribution in [-0.4, -0.2) is 11.1 Å². The average Bonchev–Trinajstić information content (AvgIpc) is 2.53. The van der Waals surface area contributed by atoms with Gasteiger partial charge < -0.3 is 9.84 Å². The van der Waals surface area contributed by atoms with Crippen LogP contribution in [0.3, 0.4) is 0 Å². The van der Waals surface area contributed by atoms with Crippen LogP contribution in [0.1, 0.15) is 15.9 Å². The van der Waals surface area contributed by atoms with E-state index in [1.54, 1.807) is 24.3 Å². The standard InChI is InChI=1S/C18H13ClO3/c19-14-8-5-12(6-9-14)11-22-16-10-7-13-3-1-2-4-15(13)17(16)18(20)21/h1-10H,11H2,(H,20,21). The molecule has 0 bridgehead atoms. The Bertz CT molecular complexity index is 825. The van der Waals surface area contributed by atoms with E-state index in [0.29, 0.717) is 16.2 Å². The molecule has 0 heterocycles. The largest absolute Gasteiger partial charge is 0.488 e. The third kappa shape index (κ3) is 2.90. The fourth-order valence-corrected chi connectivity index (χ4v) is 2.46. The molecule has 22 heavy (non-hydrogen) atoms. The Kier molecular flexibility index (Phi) is 3.98. The molecule has 3 aromatic rings. The summed E-state index contributed by atoms with van der Waals surface area (Å²) in [6.45, 7) is 0.287. The molecule has 4 heteroatoms. The lowest BCUT2D eigenvalue weighted by molar-refractivity contribution is 0.0694. The molecule has 0 spiro atoms. The third-order valence-electron chi connectivity index (χ3n) is 3.41. The second kappa shape index (κ2) is 6.08. The van der Waals surface area contributed by atoms with Crippen LogP contribution in [0.4, 0.5) is 0 Å². The Morgan fingerprint density at radius 2 is 1.73 bits per heavy atom. The van der Waals surface area contributed by atoms with E-state index >= 15 is 0 Å². The molecule has 0 fully saturated rings. The van der Waals surface area contributed by atoms with Gasteiger partial charge >= 0.3 is 5.97 Å². The van der Waals surface area contributed by atoms with E-state index in [1.807, 2.05) is 36.4 Å². The summed E-state index contributed by atoms with van der Waals surface area (Å²) < 4.78 is 5.71. The normalized spacial score (nSPS) is 10.6. The second-order valence-electron chi connectivity index (χ2n) is 4.88. The molecule has 3 aromatic carbocycles. The van der Waals surface area contributed by atoms with Crippen molar-refractivity contribution in [3.8, 4) is 5.75 Å². The minimum atomic E-state index is -0.997. The number of hydrogen-bond donors (Lipinski definition) is 1. The highest BCUT2D eigenvalue weighted by atomic mass is 35.5. The number of carboxylic acid groups (broad SMARTS) is 1. The minimum Gasteiger partial charge on any atom is -0.488 e. The summed E-state index contributed by atoms with van der Waals surface area (Å²) in [5, 5.41) is 11.7. The third-order valence-corrected chi connectivity index (χ3v) is 3.66. The minimum absolute atomic E-state index is 0.187. The van der Waals surface area contributed by atoms with Gasteiger partial charge in [-0.3, -0.25) is 0 Å². The van der Waals surface area contributed by atoms with Crippen LogP contribution in [0.2, 0.25) is 5.02 Å². The van der Waals surface area contributed by atoms with E-state index in [0.717, 1.165) is 10.9 Å². The van der Waals surface area contributed by atoms with Crippen molar-refractivity contribution in [3.05, 3.63) is 76.8 Å². The fraction of sp³-hybridized carbons (Fsp3) is 0.0556. The average molecular weight is 313 g/mol. The van der Waals surface area contributed by atoms with Gasteiger partial charge in [0.15, 0.2) is 0 Å². The van der Waals surface area contributed by atoms with Crippen LogP contribution in [0.5, 0.6) is 5.75 Å². The van der Waals surface area contributed by atoms with Gasteiger partial charge in [-0.15, -0.1) is 0 Å². The van der Waals surface area contributed by atoms with Crippen LogP contribution in [-0.2, 0) is 6.61 Å². The molecule has 0 atom stereocenters. The van der Waals surface area contributed by atoms with Gasteiger partial charge in [0.25, 0.3) is 0 Å². The van der Waals surface area contributed by atoms with Gasteiger partial charge in [0.1, 0.15) is 17.9 Å². The summed E-state index contributed by atoms with van der Waals surface area (Å²) in [5.74, 6) is -0.635. The summed E-state index contributed by atoms with van der Waals surface area (Å²) in [6.07, 6.45) is 0. The van der Waals surface area contributed by atoms with Crippen LogP contribution >= 0.6 is 11.6 Å². The lowest BCUT2D eigenvalue weighted by Gasteiger charge is -2.11. The maximum atomic E-state index is 11.6. The summed E-state index contributed by atoms with van der Waals surface area (Å²) in [7, 11) is 0. The Labute approximate surface area is 132 Å². The molecule has 110 valence electrons. The van der Waals surface area contributed by atoms with E-state index in [9.17, 15) is 9.90 Å². The van der Waals surface area contributed by atoms with Crippen molar-refractivity contribution < 1.29 is 14.6 Å². The van der Waals surface area contributed by atoms with E-state index in [-0.39, 0.29) is 12.2 Å². The molecular formula is C18H13ClO3. The number of benzene rings is 3. The Balaban J connectivity index is 1.94. The zero-order valence-electron chi connectivity index (χ0n) is 11.6. The van der Waals surface area contributed by atoms with Gasteiger partial charge in [-0.1, -0.05) is 54.1 Å². The highest BCUT2D eigenvalue weighted by molar-refractivity contribution is 6.30. The molecule has 0 amide bonds. The fourth-order valence-electron chi connectivity index (χ4n) is 2.33. The molecule has 3 rings (SSSR count). The number of aromatic carboxylic acids is 1. The molecule has 0 unspecified atom stereocenters. The van der Waals surface area contributed by atoms with Crippen LogP contribution in [0.15, 0.2) is 60.7 Å². The summed E-state index contributed by atoms with van der Waals surface area (Å²) >= 11 is 5.84. The SMILES string of the molecule is O=C(O)c1c(OCc2ccc(Cl)cc2)ccc2ccccc12. The first-order valence-corrected chi connectivity index (χ1v) is 7.15. The first-order valence-electron chi connectivity index (χ1n) is 6.77. The van der Waals surface area contributed by atoms with Crippen LogP contribution < -0.4 is 4.74 Å². The molecule has 0 saturated heterocycles. The number of rotatable bonds is 4. The van der Waals surface area contributed by atoms with E-state index in [1.165, 1.54) is 0 Å². The van der Waals surface area contributed by atoms with Gasteiger partial charge in [-0.2, -0.15) is 0 Å². The topological polar surface area (TPSA) is 46.5 Å². The molecule has 0 aliphatic heterocycles. The van der Waals surface area contributed by atoms with Gasteiger partial charge in [-0.05, 0) is 34.5 Å². The number of hydrogen-bond acceptors (Lipinski definition) is 2. The number of carbonyl (C=O) groups is 1. The highest BCUT2D eigenvalue weighted by Gasteiger charge is 2.15. The molecule has 0 aromatic heterocycles. The quantitative estimate of drug-likeness (QED) is 0.754. The number of halogens is 1. The Morgan fingerprint density at radius 1 is 1.00 bits per heavy atom. The highest BCUT2D eigenvalue weighted by Crippen LogP contribution is 2.28. The summed E-state index contributed by atoms with van der Waals surface area (Å²) in [4.78, 5) is 11.6. The zero-order chi connectivity index (χ0) is 15.5. The van der Waals surface area contributed by atoms with Crippen LogP contribution in [0, 0.1) is 0 Å². The van der Waals surface area contributed by atoms with Gasteiger partial charge in [0, 0.05) is 5.02 Å². The van der Waals surface area contributed by atoms with Gasteiger partial charge in [0.05, 0.1) is 0 Å². The zero-order valence-corrected chi connectivity index (χ0v) is 12.4. The van der Waals surface area contributed by atoms with Crippen molar-refractivity contribution in [2.45, 2.75) is 6.61 Å². The van der Waals surface area contributed by atoms with E-state index in [4.69, 9.17) is 16.3 Å². The molecule has 3 nitrogen and oxygen atoms in total. The first kappa shape index (κ1) is 14.4. The van der Waals surface area contributed by atoms with Crippen molar-refractivity contribution in [1.82, 2.24) is 0 Å². The van der Waals surface area contributed by atoms with Gasteiger partial charge in [0.2, 0.25) is 0 Å². The second-order valence-corrected chi connectivity index (χ2v) is 5.32. The molecular weight excluding hydrogens is 300 g/mol. The Hall–Kier alpha value is -2.52. The number of ether oxygens (including phenoxy) is 1. The van der Waals surface area contributed by atoms with Crippen molar-refractivity contribution in [2.24, 2.45) is 0 Å². The predicted octanol–water partition coefficient (Wildman–Crippen LogP) is 4.77. The van der Waals surface area contributed by atoms with Crippen molar-refractivity contribution in [3.63, 3.8) is 0 Å². The molecule has 0 aliphatic rings. The van der Waals surface area contributed by atoms with Gasteiger partial charge in [-0.25, -0.2) is 4.79 Å². The van der Waals surface area contributed by atoms with Crippen molar-refractivity contribution >= 4 is 28.3 Å². The monoisotopic (exact) mass is 312 g/mol. The predicted molar refractivity (Wildman–Crippen MR) is 86.7 cm³/mol. The summed E-state index contributed by atoms with van der Waals surface area (Å²) in [6, 6.07) is 18.2. The smallest absolute Gasteiger partial charge is 0.340 e. The maximum Gasteiger partial charge on any atom is 0.340 e. The molecule has 0 radical (unpaired) electrons. The number of carboxylic acids is 1. The first-order chi connectivity index (χ1) is 10.6. The lowest BCUT2D eigenvalue weighted by atomic mass is 10.0. The Morgan fingerprint density at radius 3 is 2.45 bits per heavy atom. The molecule has 1 N–H and O–H groups in total. The molecule has 0 aliphatic carbocycles. The lowest BCUT2D eigenvalue weighted by Crippen LogP contribution is -2.04.